The van der Waals surface area contributed by atoms with E-state index >= 15 is 0 Å². The second kappa shape index (κ2) is 6.75. The molecular formula is C16H13F3N6O. The summed E-state index contributed by atoms with van der Waals surface area (Å²) in [4.78, 5) is 4.03. The maximum Gasteiger partial charge on any atom is 0.416 e. The molecule has 2 aromatic heterocycles. The summed E-state index contributed by atoms with van der Waals surface area (Å²) in [5.41, 5.74) is 6.77. The van der Waals surface area contributed by atoms with Crippen molar-refractivity contribution in [2.75, 3.05) is 5.32 Å². The number of aromatic nitrogens is 3. The van der Waals surface area contributed by atoms with Crippen molar-refractivity contribution in [2.45, 2.75) is 6.18 Å². The van der Waals surface area contributed by atoms with E-state index < -0.39 is 11.7 Å². The van der Waals surface area contributed by atoms with Crippen LogP contribution in [0.4, 0.5) is 24.5 Å². The quantitative estimate of drug-likeness (QED) is 0.286. The fraction of sp³-hybridized carbons (Fsp3) is 0.0625. The largest absolute Gasteiger partial charge is 0.416 e. The van der Waals surface area contributed by atoms with Gasteiger partial charge in [-0.25, -0.2) is 4.68 Å². The highest BCUT2D eigenvalue weighted by atomic mass is 19.4. The molecular weight excluding hydrogens is 349 g/mol. The van der Waals surface area contributed by atoms with E-state index in [1.807, 2.05) is 0 Å². The van der Waals surface area contributed by atoms with Crippen LogP contribution in [0.15, 0.2) is 60.1 Å². The van der Waals surface area contributed by atoms with Crippen LogP contribution in [-0.4, -0.2) is 25.8 Å². The molecule has 4 N–H and O–H groups in total. The lowest BCUT2D eigenvalue weighted by molar-refractivity contribution is -0.137. The summed E-state index contributed by atoms with van der Waals surface area (Å²) < 4.78 is 39.3. The van der Waals surface area contributed by atoms with Gasteiger partial charge in [-0.2, -0.15) is 18.3 Å². The van der Waals surface area contributed by atoms with Crippen LogP contribution < -0.4 is 11.1 Å². The van der Waals surface area contributed by atoms with Crippen LogP contribution in [0.25, 0.3) is 5.69 Å². The van der Waals surface area contributed by atoms with Crippen molar-refractivity contribution in [1.82, 2.24) is 14.8 Å². The molecule has 134 valence electrons. The highest BCUT2D eigenvalue weighted by molar-refractivity contribution is 5.95. The standard InChI is InChI=1S/C16H13F3N6O/c17-16(18,19)10-1-4-13(5-2-10)25-9-12(8-22-25)23-11-3-6-14(21-7-11)15(20)24-26/h1-9,23,26H,(H2,20,24). The Hall–Kier alpha value is -3.56. The van der Waals surface area contributed by atoms with E-state index in [0.29, 0.717) is 22.8 Å². The first-order valence-corrected chi connectivity index (χ1v) is 7.30. The first-order valence-electron chi connectivity index (χ1n) is 7.30. The van der Waals surface area contributed by atoms with Gasteiger partial charge in [0, 0.05) is 0 Å². The number of oxime groups is 1. The molecule has 3 aromatic rings. The second-order valence-electron chi connectivity index (χ2n) is 5.26. The van der Waals surface area contributed by atoms with E-state index in [1.54, 1.807) is 18.3 Å². The van der Waals surface area contributed by atoms with E-state index in [9.17, 15) is 13.2 Å². The number of rotatable bonds is 4. The molecule has 1 aromatic carbocycles. The van der Waals surface area contributed by atoms with E-state index in [2.05, 4.69) is 20.6 Å². The molecule has 7 nitrogen and oxygen atoms in total. The number of pyridine rings is 1. The number of anilines is 2. The number of halogens is 3. The molecule has 0 radical (unpaired) electrons. The smallest absolute Gasteiger partial charge is 0.409 e. The molecule has 0 saturated heterocycles. The van der Waals surface area contributed by atoms with Gasteiger partial charge in [-0.1, -0.05) is 5.16 Å². The van der Waals surface area contributed by atoms with Gasteiger partial charge in [0.2, 0.25) is 0 Å². The zero-order valence-corrected chi connectivity index (χ0v) is 13.1. The van der Waals surface area contributed by atoms with Crippen LogP contribution in [0.1, 0.15) is 11.3 Å². The molecule has 26 heavy (non-hydrogen) atoms. The first-order chi connectivity index (χ1) is 12.4. The minimum atomic E-state index is -4.38. The maximum atomic E-state index is 12.6. The van der Waals surface area contributed by atoms with Crippen LogP contribution in [0.2, 0.25) is 0 Å². The molecule has 0 aliphatic heterocycles. The van der Waals surface area contributed by atoms with Gasteiger partial charge < -0.3 is 16.3 Å². The monoisotopic (exact) mass is 362 g/mol. The summed E-state index contributed by atoms with van der Waals surface area (Å²) in [5.74, 6) is -0.105. The number of hydrogen-bond donors (Lipinski definition) is 3. The van der Waals surface area contributed by atoms with Gasteiger partial charge in [-0.15, -0.1) is 0 Å². The van der Waals surface area contributed by atoms with Crippen molar-refractivity contribution in [2.24, 2.45) is 10.9 Å². The van der Waals surface area contributed by atoms with Gasteiger partial charge in [0.1, 0.15) is 5.69 Å². The molecule has 2 heterocycles. The minimum absolute atomic E-state index is 0.105. The first kappa shape index (κ1) is 17.3. The summed E-state index contributed by atoms with van der Waals surface area (Å²) in [6.07, 6.45) is 0.261. The predicted molar refractivity (Wildman–Crippen MR) is 88.6 cm³/mol. The van der Waals surface area contributed by atoms with Crippen LogP contribution in [-0.2, 0) is 6.18 Å². The number of benzene rings is 1. The summed E-state index contributed by atoms with van der Waals surface area (Å²) in [7, 11) is 0. The lowest BCUT2D eigenvalue weighted by atomic mass is 10.2. The van der Waals surface area contributed by atoms with Crippen molar-refractivity contribution in [3.8, 4) is 5.69 Å². The molecule has 10 heteroatoms. The molecule has 0 aliphatic rings. The van der Waals surface area contributed by atoms with Crippen LogP contribution in [0.5, 0.6) is 0 Å². The van der Waals surface area contributed by atoms with Gasteiger partial charge in [0.15, 0.2) is 5.84 Å². The van der Waals surface area contributed by atoms with Crippen molar-refractivity contribution >= 4 is 17.2 Å². The second-order valence-corrected chi connectivity index (χ2v) is 5.26. The van der Waals surface area contributed by atoms with Gasteiger partial charge in [-0.3, -0.25) is 4.98 Å². The lowest BCUT2D eigenvalue weighted by Crippen LogP contribution is -2.14. The Bertz CT molecular complexity index is 916. The Labute approximate surface area is 145 Å². The fourth-order valence-corrected chi connectivity index (χ4v) is 2.17. The van der Waals surface area contributed by atoms with Crippen molar-refractivity contribution in [3.05, 3.63) is 66.2 Å². The molecule has 0 bridgehead atoms. The number of nitrogens with zero attached hydrogens (tertiary/aromatic N) is 4. The third-order valence-corrected chi connectivity index (χ3v) is 3.46. The highest BCUT2D eigenvalue weighted by Gasteiger charge is 2.30. The fourth-order valence-electron chi connectivity index (χ4n) is 2.17. The summed E-state index contributed by atoms with van der Waals surface area (Å²) in [6.45, 7) is 0. The number of nitrogens with two attached hydrogens (primary N) is 1. The predicted octanol–water partition coefficient (Wildman–Crippen LogP) is 3.12. The molecule has 0 saturated carbocycles. The molecule has 0 fully saturated rings. The Morgan fingerprint density at radius 2 is 1.81 bits per heavy atom. The Morgan fingerprint density at radius 1 is 1.08 bits per heavy atom. The normalized spacial score (nSPS) is 12.2. The van der Waals surface area contributed by atoms with E-state index in [0.717, 1.165) is 12.1 Å². The number of nitrogens with one attached hydrogen (secondary N) is 1. The topological polar surface area (TPSA) is 101 Å². The average Bonchev–Trinajstić information content (AvgIpc) is 3.09. The summed E-state index contributed by atoms with van der Waals surface area (Å²) >= 11 is 0. The van der Waals surface area contributed by atoms with Crippen molar-refractivity contribution in [3.63, 3.8) is 0 Å². The summed E-state index contributed by atoms with van der Waals surface area (Å²) in [5, 5.41) is 18.6. The summed E-state index contributed by atoms with van der Waals surface area (Å²) in [6, 6.07) is 7.92. The zero-order chi connectivity index (χ0) is 18.7. The average molecular weight is 362 g/mol. The number of hydrogen-bond acceptors (Lipinski definition) is 5. The van der Waals surface area contributed by atoms with Gasteiger partial charge >= 0.3 is 6.18 Å². The Kier molecular flexibility index (Phi) is 4.48. The van der Waals surface area contributed by atoms with Crippen molar-refractivity contribution < 1.29 is 18.4 Å². The number of amidine groups is 1. The van der Waals surface area contributed by atoms with E-state index in [4.69, 9.17) is 10.9 Å². The van der Waals surface area contributed by atoms with E-state index in [1.165, 1.54) is 29.2 Å². The molecule has 3 rings (SSSR count). The van der Waals surface area contributed by atoms with Gasteiger partial charge in [0.25, 0.3) is 0 Å². The van der Waals surface area contributed by atoms with E-state index in [-0.39, 0.29) is 5.84 Å². The zero-order valence-electron chi connectivity index (χ0n) is 13.1. The SMILES string of the molecule is N/C(=N\O)c1ccc(Nc2cnn(-c3ccc(C(F)(F)F)cc3)c2)cn1. The Balaban J connectivity index is 1.74. The lowest BCUT2D eigenvalue weighted by Gasteiger charge is -2.07. The third-order valence-electron chi connectivity index (χ3n) is 3.46. The molecule has 0 unspecified atom stereocenters. The molecule has 0 amide bonds. The van der Waals surface area contributed by atoms with Gasteiger partial charge in [-0.05, 0) is 36.4 Å². The van der Waals surface area contributed by atoms with Crippen molar-refractivity contribution in [1.29, 1.82) is 0 Å². The molecule has 0 aliphatic carbocycles. The van der Waals surface area contributed by atoms with Crippen LogP contribution in [0.3, 0.4) is 0 Å². The highest BCUT2D eigenvalue weighted by Crippen LogP contribution is 2.29. The van der Waals surface area contributed by atoms with Crippen LogP contribution in [0, 0.1) is 0 Å². The Morgan fingerprint density at radius 3 is 2.38 bits per heavy atom. The molecule has 0 atom stereocenters. The third kappa shape index (κ3) is 3.74. The maximum absolute atomic E-state index is 12.6. The van der Waals surface area contributed by atoms with Crippen LogP contribution >= 0.6 is 0 Å². The van der Waals surface area contributed by atoms with Gasteiger partial charge in [0.05, 0.1) is 41.2 Å². The molecule has 0 spiro atoms. The minimum Gasteiger partial charge on any atom is -0.409 e. The number of alkyl halides is 3.